The molecule has 0 fully saturated rings. The van der Waals surface area contributed by atoms with Gasteiger partial charge in [-0.15, -0.1) is 0 Å². The van der Waals surface area contributed by atoms with Gasteiger partial charge < -0.3 is 15.0 Å². The van der Waals surface area contributed by atoms with Crippen LogP contribution < -0.4 is 15.8 Å². The minimum absolute atomic E-state index is 0.328. The lowest BCUT2D eigenvalue weighted by atomic mass is 10.2. The zero-order valence-corrected chi connectivity index (χ0v) is 16.5. The van der Waals surface area contributed by atoms with Crippen LogP contribution in [0.3, 0.4) is 0 Å². The van der Waals surface area contributed by atoms with Crippen LogP contribution in [0.5, 0.6) is 0 Å². The van der Waals surface area contributed by atoms with Crippen molar-refractivity contribution >= 4 is 34.2 Å². The second kappa shape index (κ2) is 8.55. The Hall–Kier alpha value is -3.68. The summed E-state index contributed by atoms with van der Waals surface area (Å²) in [5.41, 5.74) is 1.80. The maximum Gasteiger partial charge on any atom is 0.326 e. The molecule has 0 aliphatic heterocycles. The first kappa shape index (κ1) is 20.1. The molecule has 1 aromatic heterocycles. The number of amides is 1. The Morgan fingerprint density at radius 3 is 2.52 bits per heavy atom. The molecule has 0 unspecified atom stereocenters. The number of esters is 1. The van der Waals surface area contributed by atoms with Crippen molar-refractivity contribution in [3.63, 3.8) is 0 Å². The Kier molecular flexibility index (Phi) is 5.92. The van der Waals surface area contributed by atoms with Crippen LogP contribution >= 0.6 is 0 Å². The molecule has 1 heterocycles. The van der Waals surface area contributed by atoms with E-state index in [4.69, 9.17) is 4.74 Å². The number of benzene rings is 2. The molecule has 0 bridgehead atoms. The molecule has 150 valence electrons. The predicted molar refractivity (Wildman–Crippen MR) is 111 cm³/mol. The second-order valence-electron chi connectivity index (χ2n) is 6.76. The van der Waals surface area contributed by atoms with Gasteiger partial charge in [-0.2, -0.15) is 0 Å². The Morgan fingerprint density at radius 1 is 1.14 bits per heavy atom. The van der Waals surface area contributed by atoms with Gasteiger partial charge >= 0.3 is 5.97 Å². The SMILES string of the molecule is C[C@H](OC(=O)Cn1cnc2ccccc2c1=O)C(=O)Nc1ccc(N(C)C)cc1. The van der Waals surface area contributed by atoms with Crippen LogP contribution in [0.25, 0.3) is 10.9 Å². The number of hydrogen-bond donors (Lipinski definition) is 1. The summed E-state index contributed by atoms with van der Waals surface area (Å²) in [6.07, 6.45) is 0.281. The van der Waals surface area contributed by atoms with E-state index in [0.29, 0.717) is 16.6 Å². The lowest BCUT2D eigenvalue weighted by molar-refractivity contribution is -0.153. The quantitative estimate of drug-likeness (QED) is 0.643. The molecule has 8 heteroatoms. The molecule has 2 aromatic carbocycles. The van der Waals surface area contributed by atoms with Gasteiger partial charge in [0.05, 0.1) is 17.2 Å². The van der Waals surface area contributed by atoms with Gasteiger partial charge in [-0.1, -0.05) is 12.1 Å². The van der Waals surface area contributed by atoms with Crippen LogP contribution in [0.1, 0.15) is 6.92 Å². The van der Waals surface area contributed by atoms with Gasteiger partial charge in [0.1, 0.15) is 6.54 Å². The zero-order valence-electron chi connectivity index (χ0n) is 16.5. The second-order valence-corrected chi connectivity index (χ2v) is 6.76. The van der Waals surface area contributed by atoms with Crippen LogP contribution in [0, 0.1) is 0 Å². The van der Waals surface area contributed by atoms with Gasteiger partial charge in [-0.3, -0.25) is 19.0 Å². The van der Waals surface area contributed by atoms with Gasteiger partial charge in [0.25, 0.3) is 11.5 Å². The van der Waals surface area contributed by atoms with Crippen molar-refractivity contribution in [1.82, 2.24) is 9.55 Å². The predicted octanol–water partition coefficient (Wildman–Crippen LogP) is 2.03. The van der Waals surface area contributed by atoms with Gasteiger partial charge in [-0.05, 0) is 43.3 Å². The summed E-state index contributed by atoms with van der Waals surface area (Å²) in [5, 5.41) is 3.11. The summed E-state index contributed by atoms with van der Waals surface area (Å²) in [4.78, 5) is 43.0. The van der Waals surface area contributed by atoms with Gasteiger partial charge in [0, 0.05) is 25.5 Å². The van der Waals surface area contributed by atoms with E-state index in [-0.39, 0.29) is 12.1 Å². The Bertz CT molecular complexity index is 1090. The number of para-hydroxylation sites is 1. The van der Waals surface area contributed by atoms with E-state index in [9.17, 15) is 14.4 Å². The van der Waals surface area contributed by atoms with Gasteiger partial charge in [0.2, 0.25) is 0 Å². The molecule has 0 saturated heterocycles. The maximum atomic E-state index is 12.4. The molecule has 0 spiro atoms. The minimum atomic E-state index is -1.01. The Labute approximate surface area is 167 Å². The summed E-state index contributed by atoms with van der Waals surface area (Å²) in [7, 11) is 3.84. The lowest BCUT2D eigenvalue weighted by Gasteiger charge is -2.15. The van der Waals surface area contributed by atoms with Gasteiger partial charge in [-0.25, -0.2) is 4.98 Å². The number of hydrogen-bond acceptors (Lipinski definition) is 6. The van der Waals surface area contributed by atoms with Crippen LogP contribution in [0.4, 0.5) is 11.4 Å². The van der Waals surface area contributed by atoms with E-state index in [2.05, 4.69) is 10.3 Å². The number of carbonyl (C=O) groups is 2. The summed E-state index contributed by atoms with van der Waals surface area (Å²) < 4.78 is 6.33. The van der Waals surface area contributed by atoms with E-state index < -0.39 is 18.0 Å². The number of anilines is 2. The third-order valence-electron chi connectivity index (χ3n) is 4.36. The largest absolute Gasteiger partial charge is 0.451 e. The molecule has 8 nitrogen and oxygen atoms in total. The third-order valence-corrected chi connectivity index (χ3v) is 4.36. The monoisotopic (exact) mass is 394 g/mol. The molecule has 1 atom stereocenters. The number of nitrogens with one attached hydrogen (secondary N) is 1. The number of ether oxygens (including phenoxy) is 1. The third kappa shape index (κ3) is 4.78. The molecule has 3 aromatic rings. The molecule has 0 aliphatic rings. The standard InChI is InChI=1S/C21H22N4O4/c1-14(20(27)23-15-8-10-16(11-9-15)24(2)3)29-19(26)12-25-13-22-18-7-5-4-6-17(18)21(25)28/h4-11,13-14H,12H2,1-3H3,(H,23,27)/t14-/m0/s1. The van der Waals surface area contributed by atoms with E-state index in [1.807, 2.05) is 31.1 Å². The van der Waals surface area contributed by atoms with Crippen molar-refractivity contribution in [1.29, 1.82) is 0 Å². The van der Waals surface area contributed by atoms with Crippen molar-refractivity contribution in [3.8, 4) is 0 Å². The van der Waals surface area contributed by atoms with Crippen LogP contribution in [-0.4, -0.2) is 41.6 Å². The molecule has 1 amide bonds. The highest BCUT2D eigenvalue weighted by Gasteiger charge is 2.19. The number of carbonyl (C=O) groups excluding carboxylic acids is 2. The molecule has 0 aliphatic carbocycles. The average molecular weight is 394 g/mol. The highest BCUT2D eigenvalue weighted by molar-refractivity contribution is 5.95. The molecule has 0 radical (unpaired) electrons. The Morgan fingerprint density at radius 2 is 1.83 bits per heavy atom. The van der Waals surface area contributed by atoms with Gasteiger partial charge in [0.15, 0.2) is 6.10 Å². The van der Waals surface area contributed by atoms with Crippen molar-refractivity contribution in [2.24, 2.45) is 0 Å². The first-order valence-electron chi connectivity index (χ1n) is 9.07. The smallest absolute Gasteiger partial charge is 0.326 e. The summed E-state index contributed by atoms with van der Waals surface area (Å²) in [5.74, 6) is -1.16. The van der Waals surface area contributed by atoms with Crippen molar-refractivity contribution in [2.75, 3.05) is 24.3 Å². The minimum Gasteiger partial charge on any atom is -0.451 e. The lowest BCUT2D eigenvalue weighted by Crippen LogP contribution is -2.33. The van der Waals surface area contributed by atoms with Crippen molar-refractivity contribution in [2.45, 2.75) is 19.6 Å². The molecule has 0 saturated carbocycles. The van der Waals surface area contributed by atoms with E-state index in [1.165, 1.54) is 13.3 Å². The number of nitrogens with zero attached hydrogens (tertiary/aromatic N) is 3. The van der Waals surface area contributed by atoms with E-state index >= 15 is 0 Å². The number of rotatable bonds is 6. The first-order valence-corrected chi connectivity index (χ1v) is 9.07. The molecule has 29 heavy (non-hydrogen) atoms. The summed E-state index contributed by atoms with van der Waals surface area (Å²) >= 11 is 0. The van der Waals surface area contributed by atoms with Crippen LogP contribution in [-0.2, 0) is 20.9 Å². The normalized spacial score (nSPS) is 11.7. The van der Waals surface area contributed by atoms with Crippen molar-refractivity contribution < 1.29 is 14.3 Å². The topological polar surface area (TPSA) is 93.5 Å². The Balaban J connectivity index is 1.60. The number of fused-ring (bicyclic) bond motifs is 1. The fourth-order valence-corrected chi connectivity index (χ4v) is 2.73. The van der Waals surface area contributed by atoms with Crippen LogP contribution in [0.2, 0.25) is 0 Å². The highest BCUT2D eigenvalue weighted by atomic mass is 16.5. The van der Waals surface area contributed by atoms with E-state index in [0.717, 1.165) is 10.3 Å². The first-order chi connectivity index (χ1) is 13.8. The number of aromatic nitrogens is 2. The maximum absolute atomic E-state index is 12.4. The highest BCUT2D eigenvalue weighted by Crippen LogP contribution is 2.16. The fourth-order valence-electron chi connectivity index (χ4n) is 2.73. The molecular formula is C21H22N4O4. The summed E-state index contributed by atoms with van der Waals surface area (Å²) in [6.45, 7) is 1.15. The molecule has 3 rings (SSSR count). The zero-order chi connectivity index (χ0) is 21.0. The van der Waals surface area contributed by atoms with Crippen molar-refractivity contribution in [3.05, 3.63) is 65.2 Å². The molecular weight excluding hydrogens is 372 g/mol. The van der Waals surface area contributed by atoms with Crippen LogP contribution in [0.15, 0.2) is 59.7 Å². The average Bonchev–Trinajstić information content (AvgIpc) is 2.70. The summed E-state index contributed by atoms with van der Waals surface area (Å²) in [6, 6.07) is 14.1. The molecule has 1 N–H and O–H groups in total. The fraction of sp³-hybridized carbons (Fsp3) is 0.238. The van der Waals surface area contributed by atoms with E-state index in [1.54, 1.807) is 36.4 Å².